The van der Waals surface area contributed by atoms with E-state index in [0.717, 1.165) is 18.6 Å². The van der Waals surface area contributed by atoms with E-state index in [1.54, 1.807) is 6.92 Å². The van der Waals surface area contributed by atoms with Crippen molar-refractivity contribution in [3.05, 3.63) is 64.9 Å². The number of nitrogens with one attached hydrogen (secondary N) is 1. The Morgan fingerprint density at radius 3 is 2.59 bits per heavy atom. The molecule has 0 radical (unpaired) electrons. The molecule has 0 saturated carbocycles. The summed E-state index contributed by atoms with van der Waals surface area (Å²) in [5.41, 5.74) is 0.963. The number of benzene rings is 2. The van der Waals surface area contributed by atoms with Gasteiger partial charge in [0.25, 0.3) is 5.91 Å². The Morgan fingerprint density at radius 2 is 1.93 bits per heavy atom. The minimum Gasteiger partial charge on any atom is -0.505 e. The number of halogens is 2. The van der Waals surface area contributed by atoms with E-state index in [1.165, 1.54) is 28.8 Å². The summed E-state index contributed by atoms with van der Waals surface area (Å²) in [4.78, 5) is 25.5. The molecule has 3 aromatic rings. The van der Waals surface area contributed by atoms with Gasteiger partial charge < -0.3 is 10.4 Å². The molecule has 3 rings (SSSR count). The summed E-state index contributed by atoms with van der Waals surface area (Å²) >= 11 is 0. The average molecular weight is 400 g/mol. The van der Waals surface area contributed by atoms with Crippen LogP contribution >= 0.6 is 0 Å². The van der Waals surface area contributed by atoms with E-state index in [2.05, 4.69) is 5.32 Å². The predicted molar refractivity (Wildman–Crippen MR) is 106 cm³/mol. The van der Waals surface area contributed by atoms with Crippen molar-refractivity contribution in [1.29, 1.82) is 0 Å². The van der Waals surface area contributed by atoms with Crippen molar-refractivity contribution in [2.24, 2.45) is 0 Å². The first-order valence-corrected chi connectivity index (χ1v) is 9.35. The Bertz CT molecular complexity index is 1110. The van der Waals surface area contributed by atoms with Gasteiger partial charge >= 0.3 is 0 Å². The summed E-state index contributed by atoms with van der Waals surface area (Å²) < 4.78 is 29.6. The fourth-order valence-corrected chi connectivity index (χ4v) is 3.34. The summed E-state index contributed by atoms with van der Waals surface area (Å²) in [5.74, 6) is -2.91. The van der Waals surface area contributed by atoms with Crippen LogP contribution in [0.4, 0.5) is 8.78 Å². The number of amides is 1. The molecular formula is C22H22F2N2O3. The summed E-state index contributed by atoms with van der Waals surface area (Å²) in [6.45, 7) is 5.38. The molecule has 0 aliphatic rings. The smallest absolute Gasteiger partial charge is 0.262 e. The maximum Gasteiger partial charge on any atom is 0.262 e. The molecule has 29 heavy (non-hydrogen) atoms. The lowest BCUT2D eigenvalue weighted by Gasteiger charge is -2.12. The summed E-state index contributed by atoms with van der Waals surface area (Å²) in [5, 5.41) is 12.7. The number of phenolic OH excluding ortho intramolecular Hbond substituents is 1. The van der Waals surface area contributed by atoms with Gasteiger partial charge in [-0.2, -0.15) is 0 Å². The first-order valence-electron chi connectivity index (χ1n) is 9.35. The molecule has 5 nitrogen and oxygen atoms in total. The van der Waals surface area contributed by atoms with E-state index in [-0.39, 0.29) is 34.8 Å². The zero-order valence-corrected chi connectivity index (χ0v) is 16.4. The van der Waals surface area contributed by atoms with Gasteiger partial charge in [-0.1, -0.05) is 13.0 Å². The zero-order valence-electron chi connectivity index (χ0n) is 16.4. The van der Waals surface area contributed by atoms with Gasteiger partial charge in [-0.05, 0) is 56.2 Å². The molecule has 0 aliphatic carbocycles. The number of hydrogen-bond donors (Lipinski definition) is 2. The number of aromatic nitrogens is 1. The van der Waals surface area contributed by atoms with Crippen molar-refractivity contribution in [2.45, 2.75) is 39.7 Å². The minimum atomic E-state index is -0.900. The quantitative estimate of drug-likeness (QED) is 0.678. The predicted octanol–water partition coefficient (Wildman–Crippen LogP) is 4.08. The average Bonchev–Trinajstić information content (AvgIpc) is 2.96. The van der Waals surface area contributed by atoms with Gasteiger partial charge in [-0.15, -0.1) is 0 Å². The summed E-state index contributed by atoms with van der Waals surface area (Å²) in [6.07, 6.45) is 0.580. The highest BCUT2D eigenvalue weighted by molar-refractivity contribution is 6.05. The van der Waals surface area contributed by atoms with Crippen LogP contribution in [0, 0.1) is 18.6 Å². The lowest BCUT2D eigenvalue weighted by molar-refractivity contribution is -0.121. The Hall–Kier alpha value is -3.22. The maximum absolute atomic E-state index is 14.8. The van der Waals surface area contributed by atoms with Crippen LogP contribution in [0.5, 0.6) is 5.75 Å². The molecule has 1 aromatic heterocycles. The van der Waals surface area contributed by atoms with Crippen LogP contribution in [0.1, 0.15) is 41.9 Å². The van der Waals surface area contributed by atoms with E-state index in [4.69, 9.17) is 0 Å². The zero-order chi connectivity index (χ0) is 21.3. The molecule has 0 saturated heterocycles. The van der Waals surface area contributed by atoms with Gasteiger partial charge in [0.1, 0.15) is 5.82 Å². The van der Waals surface area contributed by atoms with Crippen LogP contribution in [0.25, 0.3) is 10.9 Å². The summed E-state index contributed by atoms with van der Waals surface area (Å²) in [7, 11) is 0. The second-order valence-electron chi connectivity index (χ2n) is 7.06. The number of aromatic hydroxyl groups is 1. The van der Waals surface area contributed by atoms with E-state index >= 15 is 0 Å². The van der Waals surface area contributed by atoms with Crippen molar-refractivity contribution >= 4 is 22.7 Å². The topological polar surface area (TPSA) is 71.3 Å². The molecule has 7 heteroatoms. The van der Waals surface area contributed by atoms with Crippen molar-refractivity contribution in [3.8, 4) is 5.75 Å². The largest absolute Gasteiger partial charge is 0.505 e. The second kappa shape index (κ2) is 8.03. The highest BCUT2D eigenvalue weighted by Gasteiger charge is 2.25. The van der Waals surface area contributed by atoms with Crippen molar-refractivity contribution in [3.63, 3.8) is 0 Å². The standard InChI is InChI=1S/C22H22F2N2O3/c1-4-12(2)25-19(28)11-16-13(3)26(17-8-9-18(27)21(24)20(16)17)22(29)14-6-5-7-15(23)10-14/h5-10,12,27H,4,11H2,1-3H3,(H,25,28)/t12-/m0/s1. The van der Waals surface area contributed by atoms with E-state index < -0.39 is 23.3 Å². The molecule has 2 aromatic carbocycles. The molecule has 0 unspecified atom stereocenters. The maximum atomic E-state index is 14.8. The van der Waals surface area contributed by atoms with E-state index in [9.17, 15) is 23.5 Å². The highest BCUT2D eigenvalue weighted by Crippen LogP contribution is 2.33. The Labute approximate surface area is 167 Å². The Morgan fingerprint density at radius 1 is 1.21 bits per heavy atom. The molecule has 152 valence electrons. The third kappa shape index (κ3) is 3.85. The normalized spacial score (nSPS) is 12.2. The van der Waals surface area contributed by atoms with Crippen LogP contribution in [0.3, 0.4) is 0 Å². The van der Waals surface area contributed by atoms with Crippen LogP contribution < -0.4 is 5.32 Å². The van der Waals surface area contributed by atoms with Crippen LogP contribution in [-0.2, 0) is 11.2 Å². The summed E-state index contributed by atoms with van der Waals surface area (Å²) in [6, 6.07) is 7.70. The fourth-order valence-electron chi connectivity index (χ4n) is 3.34. The Kier molecular flexibility index (Phi) is 5.68. The lowest BCUT2D eigenvalue weighted by atomic mass is 10.1. The SMILES string of the molecule is CC[C@H](C)NC(=O)Cc1c(C)n(C(=O)c2cccc(F)c2)c2ccc(O)c(F)c12. The second-order valence-corrected chi connectivity index (χ2v) is 7.06. The number of fused-ring (bicyclic) bond motifs is 1. The van der Waals surface area contributed by atoms with Gasteiger partial charge in [0.2, 0.25) is 5.91 Å². The minimum absolute atomic E-state index is 0.00607. The number of rotatable bonds is 5. The van der Waals surface area contributed by atoms with Gasteiger partial charge in [0.15, 0.2) is 11.6 Å². The molecule has 0 bridgehead atoms. The molecule has 0 fully saturated rings. The van der Waals surface area contributed by atoms with E-state index in [1.807, 2.05) is 13.8 Å². The number of hydrogen-bond acceptors (Lipinski definition) is 3. The van der Waals surface area contributed by atoms with Crippen molar-refractivity contribution in [2.75, 3.05) is 0 Å². The van der Waals surface area contributed by atoms with Crippen molar-refractivity contribution in [1.82, 2.24) is 9.88 Å². The van der Waals surface area contributed by atoms with Gasteiger partial charge in [-0.3, -0.25) is 14.2 Å². The molecule has 1 heterocycles. The fraction of sp³-hybridized carbons (Fsp3) is 0.273. The van der Waals surface area contributed by atoms with Crippen LogP contribution in [0.15, 0.2) is 36.4 Å². The number of carbonyl (C=O) groups excluding carboxylic acids is 2. The van der Waals surface area contributed by atoms with Gasteiger partial charge in [0.05, 0.1) is 11.9 Å². The molecule has 2 N–H and O–H groups in total. The third-order valence-electron chi connectivity index (χ3n) is 5.05. The first-order chi connectivity index (χ1) is 13.7. The van der Waals surface area contributed by atoms with Gasteiger partial charge in [0, 0.05) is 22.7 Å². The van der Waals surface area contributed by atoms with Crippen molar-refractivity contribution < 1.29 is 23.5 Å². The lowest BCUT2D eigenvalue weighted by Crippen LogP contribution is -2.33. The molecule has 0 aliphatic heterocycles. The third-order valence-corrected chi connectivity index (χ3v) is 5.05. The van der Waals surface area contributed by atoms with Gasteiger partial charge in [-0.25, -0.2) is 8.78 Å². The van der Waals surface area contributed by atoms with Crippen LogP contribution in [-0.4, -0.2) is 27.5 Å². The Balaban J connectivity index is 2.17. The monoisotopic (exact) mass is 400 g/mol. The van der Waals surface area contributed by atoms with E-state index in [0.29, 0.717) is 11.3 Å². The number of phenols is 1. The highest BCUT2D eigenvalue weighted by atomic mass is 19.1. The molecule has 1 atom stereocenters. The molecule has 1 amide bonds. The number of nitrogens with zero attached hydrogens (tertiary/aromatic N) is 1. The molecular weight excluding hydrogens is 378 g/mol. The number of carbonyl (C=O) groups is 2. The van der Waals surface area contributed by atoms with Crippen LogP contribution in [0.2, 0.25) is 0 Å². The first kappa shape index (κ1) is 20.5. The molecule has 0 spiro atoms.